The Bertz CT molecular complexity index is 1550. The molecule has 0 spiro atoms. The van der Waals surface area contributed by atoms with Gasteiger partial charge < -0.3 is 31.2 Å². The monoisotopic (exact) mass is 753 g/mol. The van der Waals surface area contributed by atoms with Crippen LogP contribution in [0.2, 0.25) is 0 Å². The third-order valence-electron chi connectivity index (χ3n) is 11.8. The first kappa shape index (κ1) is 40.9. The first-order chi connectivity index (χ1) is 25.7. The zero-order valence-electron chi connectivity index (χ0n) is 32.2. The van der Waals surface area contributed by atoms with Crippen molar-refractivity contribution in [3.63, 3.8) is 0 Å². The van der Waals surface area contributed by atoms with E-state index in [1.807, 2.05) is 27.7 Å². The van der Waals surface area contributed by atoms with Crippen molar-refractivity contribution in [1.29, 1.82) is 0 Å². The van der Waals surface area contributed by atoms with Gasteiger partial charge in [-0.2, -0.15) is 0 Å². The third-order valence-corrected chi connectivity index (χ3v) is 11.8. The van der Waals surface area contributed by atoms with E-state index < -0.39 is 69.8 Å². The summed E-state index contributed by atoms with van der Waals surface area (Å²) in [4.78, 5) is 97.7. The second-order valence-electron chi connectivity index (χ2n) is 17.0. The number of Topliss-reactive ketones (excluding diaryl/α,β-unsaturated/α-hetero) is 1. The molecule has 15 heteroatoms. The third kappa shape index (κ3) is 10.1. The fraction of sp³-hybridized carbons (Fsp3) is 0.744. The molecule has 0 unspecified atom stereocenters. The maximum absolute atomic E-state index is 14.8. The van der Waals surface area contributed by atoms with Crippen molar-refractivity contribution >= 4 is 41.0 Å². The Balaban J connectivity index is 1.39. The number of nitrogens with one attached hydrogen (secondary N) is 5. The molecule has 1 aliphatic heterocycles. The van der Waals surface area contributed by atoms with Crippen LogP contribution in [0.15, 0.2) is 12.3 Å². The van der Waals surface area contributed by atoms with Crippen molar-refractivity contribution < 1.29 is 33.7 Å². The number of likely N-dealkylation sites (tertiary alicyclic amines) is 1. The van der Waals surface area contributed by atoms with Crippen LogP contribution < -0.4 is 21.3 Å². The molecule has 5 N–H and O–H groups in total. The van der Waals surface area contributed by atoms with Crippen LogP contribution in [0.4, 0.5) is 5.69 Å². The molecule has 0 radical (unpaired) electrons. The minimum atomic E-state index is -1.07. The van der Waals surface area contributed by atoms with Crippen LogP contribution in [-0.4, -0.2) is 86.9 Å². The van der Waals surface area contributed by atoms with Gasteiger partial charge in [0.1, 0.15) is 23.8 Å². The number of aromatic nitrogens is 1. The first-order valence-corrected chi connectivity index (χ1v) is 20.1. The van der Waals surface area contributed by atoms with Gasteiger partial charge in [0.05, 0.1) is 17.2 Å². The van der Waals surface area contributed by atoms with Gasteiger partial charge in [0, 0.05) is 18.7 Å². The summed E-state index contributed by atoms with van der Waals surface area (Å²) in [7, 11) is 0. The number of amides is 5. The molecule has 0 bridgehead atoms. The smallest absolute Gasteiger partial charge is 0.289 e. The zero-order valence-corrected chi connectivity index (χ0v) is 32.2. The first-order valence-electron chi connectivity index (χ1n) is 20.1. The molecule has 1 saturated heterocycles. The fourth-order valence-corrected chi connectivity index (χ4v) is 8.66. The normalized spacial score (nSPS) is 22.8. The van der Waals surface area contributed by atoms with Gasteiger partial charge >= 0.3 is 0 Å². The molecule has 5 atom stereocenters. The molecule has 0 aromatic carbocycles. The summed E-state index contributed by atoms with van der Waals surface area (Å²) in [6, 6.07) is -2.89. The van der Waals surface area contributed by atoms with Gasteiger partial charge in [-0.15, -0.1) is 0 Å². The number of nitro groups is 1. The molecular weight excluding hydrogens is 694 g/mol. The Morgan fingerprint density at radius 2 is 1.56 bits per heavy atom. The SMILES string of the molecule is CCC[C@H](NC(=O)[C@@H]1[C@@H](C2CCCCC2)CCN1C(=O)[C@@H](NC(=O)[C@@H](NC(=O)c1cc([N+](=O)[O-])c[nH]1)C1CCCCC1)C(C)(C)C)C(=O)C(=O)NC1CC1. The zero-order chi connectivity index (χ0) is 39.2. The van der Waals surface area contributed by atoms with Crippen molar-refractivity contribution in [2.24, 2.45) is 23.2 Å². The Kier molecular flexibility index (Phi) is 13.5. The van der Waals surface area contributed by atoms with E-state index in [4.69, 9.17) is 0 Å². The van der Waals surface area contributed by atoms with Crippen LogP contribution in [0, 0.1) is 33.3 Å². The lowest BCUT2D eigenvalue weighted by atomic mass is 9.76. The van der Waals surface area contributed by atoms with Crippen LogP contribution in [-0.2, 0) is 24.0 Å². The lowest BCUT2D eigenvalue weighted by Gasteiger charge is -2.39. The van der Waals surface area contributed by atoms with E-state index in [0.717, 1.165) is 76.5 Å². The molecule has 3 saturated carbocycles. The van der Waals surface area contributed by atoms with Gasteiger partial charge in [-0.25, -0.2) is 0 Å². The summed E-state index contributed by atoms with van der Waals surface area (Å²) < 4.78 is 0. The second kappa shape index (κ2) is 17.9. The van der Waals surface area contributed by atoms with E-state index in [0.29, 0.717) is 32.2 Å². The Labute approximate surface area is 317 Å². The van der Waals surface area contributed by atoms with E-state index in [1.165, 1.54) is 0 Å². The van der Waals surface area contributed by atoms with Gasteiger partial charge in [0.25, 0.3) is 17.5 Å². The van der Waals surface area contributed by atoms with Gasteiger partial charge in [0.2, 0.25) is 23.5 Å². The maximum Gasteiger partial charge on any atom is 0.289 e. The number of carbonyl (C=O) groups excluding carboxylic acids is 6. The molecule has 1 aromatic rings. The molecule has 4 fully saturated rings. The van der Waals surface area contributed by atoms with E-state index in [2.05, 4.69) is 26.3 Å². The van der Waals surface area contributed by atoms with Crippen LogP contribution in [0.5, 0.6) is 0 Å². The summed E-state index contributed by atoms with van der Waals surface area (Å²) in [5.41, 5.74) is -1.14. The molecule has 15 nitrogen and oxygen atoms in total. The standard InChI is InChI=1S/C39H59N7O8/c1-5-12-28(32(47)37(51)41-25-17-18-25)42-36(50)31-27(23-13-8-6-9-14-23)19-20-45(31)38(52)33(39(2,3)4)44-35(49)30(24-15-10-7-11-16-24)43-34(48)29-21-26(22-40-29)46(53)54/h21-25,27-28,30-31,33,40H,5-20H2,1-4H3,(H,41,51)(H,42,50)(H,43,48)(H,44,49)/t27-,28+,30+,31+,33-/m1/s1. The van der Waals surface area contributed by atoms with Gasteiger partial charge in [-0.3, -0.25) is 38.9 Å². The summed E-state index contributed by atoms with van der Waals surface area (Å²) in [5, 5.41) is 22.7. The van der Waals surface area contributed by atoms with E-state index in [1.54, 1.807) is 4.90 Å². The Morgan fingerprint density at radius 3 is 2.13 bits per heavy atom. The van der Waals surface area contributed by atoms with Crippen molar-refractivity contribution in [2.45, 2.75) is 154 Å². The van der Waals surface area contributed by atoms with Crippen molar-refractivity contribution in [3.05, 3.63) is 28.1 Å². The van der Waals surface area contributed by atoms with Crippen molar-refractivity contribution in [3.8, 4) is 0 Å². The van der Waals surface area contributed by atoms with Gasteiger partial charge in [-0.1, -0.05) is 85.5 Å². The average molecular weight is 754 g/mol. The number of hydrogen-bond donors (Lipinski definition) is 5. The highest BCUT2D eigenvalue weighted by molar-refractivity contribution is 6.38. The lowest BCUT2D eigenvalue weighted by molar-refractivity contribution is -0.384. The van der Waals surface area contributed by atoms with Crippen LogP contribution in [0.1, 0.15) is 134 Å². The quantitative estimate of drug-likeness (QED) is 0.0999. The number of H-pyrrole nitrogens is 1. The highest BCUT2D eigenvalue weighted by atomic mass is 16.6. The number of hydrogen-bond acceptors (Lipinski definition) is 8. The number of carbonyl (C=O) groups is 6. The van der Waals surface area contributed by atoms with Crippen LogP contribution >= 0.6 is 0 Å². The summed E-state index contributed by atoms with van der Waals surface area (Å²) in [5.74, 6) is -3.64. The minimum Gasteiger partial charge on any atom is -0.351 e. The number of ketones is 1. The number of rotatable bonds is 15. The summed E-state index contributed by atoms with van der Waals surface area (Å²) in [6.45, 7) is 7.67. The number of nitrogens with zero attached hydrogens (tertiary/aromatic N) is 2. The molecule has 2 heterocycles. The highest BCUT2D eigenvalue weighted by Crippen LogP contribution is 2.40. The fourth-order valence-electron chi connectivity index (χ4n) is 8.66. The predicted molar refractivity (Wildman–Crippen MR) is 200 cm³/mol. The van der Waals surface area contributed by atoms with Crippen LogP contribution in [0.3, 0.4) is 0 Å². The topological polar surface area (TPSA) is 213 Å². The molecule has 5 rings (SSSR count). The molecular formula is C39H59N7O8. The minimum absolute atomic E-state index is 0.0106. The molecule has 5 amide bonds. The van der Waals surface area contributed by atoms with Crippen molar-refractivity contribution in [2.75, 3.05) is 6.54 Å². The van der Waals surface area contributed by atoms with Gasteiger partial charge in [0.15, 0.2) is 0 Å². The molecule has 54 heavy (non-hydrogen) atoms. The molecule has 1 aromatic heterocycles. The maximum atomic E-state index is 14.8. The lowest BCUT2D eigenvalue weighted by Crippen LogP contribution is -2.62. The van der Waals surface area contributed by atoms with E-state index in [9.17, 15) is 38.9 Å². The van der Waals surface area contributed by atoms with Crippen LogP contribution in [0.25, 0.3) is 0 Å². The van der Waals surface area contributed by atoms with E-state index >= 15 is 0 Å². The summed E-state index contributed by atoms with van der Waals surface area (Å²) >= 11 is 0. The largest absolute Gasteiger partial charge is 0.351 e. The second-order valence-corrected chi connectivity index (χ2v) is 17.0. The Hall–Kier alpha value is -4.30. The summed E-state index contributed by atoms with van der Waals surface area (Å²) in [6.07, 6.45) is 13.4. The highest BCUT2D eigenvalue weighted by Gasteiger charge is 2.49. The average Bonchev–Trinajstić information content (AvgIpc) is 3.61. The van der Waals surface area contributed by atoms with Gasteiger partial charge in [-0.05, 0) is 61.7 Å². The van der Waals surface area contributed by atoms with E-state index in [-0.39, 0.29) is 41.6 Å². The molecule has 298 valence electrons. The number of aromatic amines is 1. The molecule has 4 aliphatic rings. The molecule has 3 aliphatic carbocycles. The predicted octanol–water partition coefficient (Wildman–Crippen LogP) is 4.06. The van der Waals surface area contributed by atoms with Crippen molar-refractivity contribution in [1.82, 2.24) is 31.2 Å². The Morgan fingerprint density at radius 1 is 0.907 bits per heavy atom.